The average molecular weight is 436 g/mol. The third-order valence-electron chi connectivity index (χ3n) is 4.71. The Morgan fingerprint density at radius 1 is 0.968 bits per heavy atom. The van der Waals surface area contributed by atoms with Gasteiger partial charge in [-0.15, -0.1) is 11.3 Å². The van der Waals surface area contributed by atoms with Crippen molar-refractivity contribution in [1.82, 2.24) is 9.97 Å². The lowest BCUT2D eigenvalue weighted by molar-refractivity contribution is 0.102. The molecule has 0 bridgehead atoms. The van der Waals surface area contributed by atoms with Crippen LogP contribution in [0.3, 0.4) is 0 Å². The van der Waals surface area contributed by atoms with Gasteiger partial charge in [0.25, 0.3) is 5.91 Å². The SMILES string of the molecule is COc1ccc(-c2nc(NC(=O)c3nc(-c4ccccc4)oc3C)sc2C)cc1OC. The second kappa shape index (κ2) is 8.61. The Hall–Kier alpha value is -3.65. The highest BCUT2D eigenvalue weighted by molar-refractivity contribution is 7.16. The molecule has 0 atom stereocenters. The summed E-state index contributed by atoms with van der Waals surface area (Å²) < 4.78 is 16.4. The number of nitrogens with one attached hydrogen (secondary N) is 1. The van der Waals surface area contributed by atoms with Crippen LogP contribution in [0.5, 0.6) is 11.5 Å². The van der Waals surface area contributed by atoms with Gasteiger partial charge in [0.2, 0.25) is 5.89 Å². The van der Waals surface area contributed by atoms with Crippen LogP contribution in [0, 0.1) is 13.8 Å². The maximum absolute atomic E-state index is 12.8. The zero-order valence-corrected chi connectivity index (χ0v) is 18.4. The van der Waals surface area contributed by atoms with E-state index in [2.05, 4.69) is 15.3 Å². The number of aromatic nitrogens is 2. The Balaban J connectivity index is 1.58. The lowest BCUT2D eigenvalue weighted by atomic mass is 10.1. The number of aryl methyl sites for hydroxylation is 2. The number of hydrogen-bond donors (Lipinski definition) is 1. The minimum Gasteiger partial charge on any atom is -0.493 e. The molecule has 2 aromatic heterocycles. The molecule has 0 aliphatic rings. The molecular weight excluding hydrogens is 414 g/mol. The van der Waals surface area contributed by atoms with E-state index in [1.807, 2.05) is 55.5 Å². The number of benzene rings is 2. The number of anilines is 1. The number of methoxy groups -OCH3 is 2. The maximum Gasteiger partial charge on any atom is 0.279 e. The van der Waals surface area contributed by atoms with E-state index in [4.69, 9.17) is 13.9 Å². The van der Waals surface area contributed by atoms with Crippen molar-refractivity contribution in [2.45, 2.75) is 13.8 Å². The minimum atomic E-state index is -0.365. The number of thiazole rings is 1. The summed E-state index contributed by atoms with van der Waals surface area (Å²) in [5.74, 6) is 1.75. The van der Waals surface area contributed by atoms with Crippen molar-refractivity contribution in [1.29, 1.82) is 0 Å². The van der Waals surface area contributed by atoms with Gasteiger partial charge in [-0.1, -0.05) is 18.2 Å². The van der Waals surface area contributed by atoms with Crippen LogP contribution in [-0.4, -0.2) is 30.1 Å². The van der Waals surface area contributed by atoms with E-state index in [1.165, 1.54) is 11.3 Å². The average Bonchev–Trinajstić information content (AvgIpc) is 3.36. The number of nitrogens with zero attached hydrogens (tertiary/aromatic N) is 2. The lowest BCUT2D eigenvalue weighted by Crippen LogP contribution is -2.13. The Morgan fingerprint density at radius 3 is 2.42 bits per heavy atom. The standard InChI is InChI=1S/C23H21N3O4S/c1-13-19(24-22(30-13)15-8-6-5-7-9-15)21(27)26-23-25-20(14(2)31-23)16-10-11-17(28-3)18(12-16)29-4/h5-12H,1-4H3,(H,25,26,27). The molecule has 1 N–H and O–H groups in total. The van der Waals surface area contributed by atoms with Crippen LogP contribution >= 0.6 is 11.3 Å². The van der Waals surface area contributed by atoms with Gasteiger partial charge in [-0.2, -0.15) is 0 Å². The Morgan fingerprint density at radius 2 is 1.71 bits per heavy atom. The van der Waals surface area contributed by atoms with Crippen LogP contribution in [-0.2, 0) is 0 Å². The first-order chi connectivity index (χ1) is 15.0. The predicted octanol–water partition coefficient (Wildman–Crippen LogP) is 5.35. The Bertz CT molecular complexity index is 1230. The molecule has 0 fully saturated rings. The molecule has 31 heavy (non-hydrogen) atoms. The van der Waals surface area contributed by atoms with E-state index < -0.39 is 0 Å². The zero-order chi connectivity index (χ0) is 22.0. The minimum absolute atomic E-state index is 0.236. The molecule has 0 spiro atoms. The number of ether oxygens (including phenoxy) is 2. The van der Waals surface area contributed by atoms with E-state index in [9.17, 15) is 4.79 Å². The molecule has 2 aromatic carbocycles. The van der Waals surface area contributed by atoms with Crippen LogP contribution in [0.4, 0.5) is 5.13 Å². The molecule has 0 aliphatic heterocycles. The number of hydrogen-bond acceptors (Lipinski definition) is 7. The fourth-order valence-corrected chi connectivity index (χ4v) is 4.00. The van der Waals surface area contributed by atoms with E-state index in [-0.39, 0.29) is 11.6 Å². The quantitative estimate of drug-likeness (QED) is 0.439. The summed E-state index contributed by atoms with van der Waals surface area (Å²) in [6.45, 7) is 3.67. The molecule has 4 rings (SSSR count). The molecule has 7 nitrogen and oxygen atoms in total. The molecule has 8 heteroatoms. The van der Waals surface area contributed by atoms with Gasteiger partial charge in [0, 0.05) is 16.0 Å². The number of oxazole rings is 1. The second-order valence-corrected chi connectivity index (χ2v) is 7.94. The molecule has 0 saturated heterocycles. The largest absolute Gasteiger partial charge is 0.493 e. The Labute approximate surface area is 183 Å². The molecule has 0 radical (unpaired) electrons. The highest BCUT2D eigenvalue weighted by atomic mass is 32.1. The first-order valence-electron chi connectivity index (χ1n) is 9.54. The first kappa shape index (κ1) is 20.6. The topological polar surface area (TPSA) is 86.5 Å². The summed E-state index contributed by atoms with van der Waals surface area (Å²) in [4.78, 5) is 22.8. The van der Waals surface area contributed by atoms with Crippen LogP contribution < -0.4 is 14.8 Å². The van der Waals surface area contributed by atoms with Crippen molar-refractivity contribution in [3.8, 4) is 34.2 Å². The van der Waals surface area contributed by atoms with Gasteiger partial charge in [0.15, 0.2) is 22.3 Å². The fraction of sp³-hybridized carbons (Fsp3) is 0.174. The molecule has 4 aromatic rings. The third kappa shape index (κ3) is 4.15. The normalized spacial score (nSPS) is 10.7. The number of rotatable bonds is 6. The van der Waals surface area contributed by atoms with Crippen molar-refractivity contribution >= 4 is 22.4 Å². The molecule has 0 saturated carbocycles. The van der Waals surface area contributed by atoms with E-state index >= 15 is 0 Å². The van der Waals surface area contributed by atoms with Crippen molar-refractivity contribution < 1.29 is 18.7 Å². The van der Waals surface area contributed by atoms with Gasteiger partial charge in [-0.25, -0.2) is 9.97 Å². The Kier molecular flexibility index (Phi) is 5.73. The van der Waals surface area contributed by atoms with Crippen molar-refractivity contribution in [2.75, 3.05) is 19.5 Å². The van der Waals surface area contributed by atoms with E-state index in [0.29, 0.717) is 28.3 Å². The van der Waals surface area contributed by atoms with Gasteiger partial charge in [-0.3, -0.25) is 10.1 Å². The van der Waals surface area contributed by atoms with Crippen molar-refractivity contribution in [2.24, 2.45) is 0 Å². The van der Waals surface area contributed by atoms with Gasteiger partial charge in [-0.05, 0) is 44.2 Å². The fourth-order valence-electron chi connectivity index (χ4n) is 3.17. The van der Waals surface area contributed by atoms with Crippen LogP contribution in [0.15, 0.2) is 52.9 Å². The number of amides is 1. The van der Waals surface area contributed by atoms with Gasteiger partial charge < -0.3 is 13.9 Å². The molecule has 2 heterocycles. The summed E-state index contributed by atoms with van der Waals surface area (Å²) in [7, 11) is 3.18. The summed E-state index contributed by atoms with van der Waals surface area (Å²) >= 11 is 1.39. The molecule has 0 unspecified atom stereocenters. The second-order valence-electron chi connectivity index (χ2n) is 6.74. The van der Waals surface area contributed by atoms with Crippen molar-refractivity contribution in [3.05, 3.63) is 64.9 Å². The molecular formula is C23H21N3O4S. The van der Waals surface area contributed by atoms with Gasteiger partial charge in [0.05, 0.1) is 19.9 Å². The summed E-state index contributed by atoms with van der Waals surface area (Å²) in [6, 6.07) is 15.1. The van der Waals surface area contributed by atoms with Crippen LogP contribution in [0.25, 0.3) is 22.7 Å². The predicted molar refractivity (Wildman–Crippen MR) is 120 cm³/mol. The van der Waals surface area contributed by atoms with E-state index in [1.54, 1.807) is 21.1 Å². The highest BCUT2D eigenvalue weighted by Crippen LogP contribution is 2.36. The monoisotopic (exact) mass is 435 g/mol. The zero-order valence-electron chi connectivity index (χ0n) is 17.6. The summed E-state index contributed by atoms with van der Waals surface area (Å²) in [5, 5.41) is 3.32. The molecule has 1 amide bonds. The van der Waals surface area contributed by atoms with Crippen LogP contribution in [0.2, 0.25) is 0 Å². The smallest absolute Gasteiger partial charge is 0.279 e. The highest BCUT2D eigenvalue weighted by Gasteiger charge is 2.20. The van der Waals surface area contributed by atoms with Gasteiger partial charge >= 0.3 is 0 Å². The van der Waals surface area contributed by atoms with Crippen LogP contribution in [0.1, 0.15) is 21.1 Å². The third-order valence-corrected chi connectivity index (χ3v) is 5.59. The number of carbonyl (C=O) groups is 1. The number of carbonyl (C=O) groups excluding carboxylic acids is 1. The van der Waals surface area contributed by atoms with Gasteiger partial charge in [0.1, 0.15) is 5.76 Å². The summed E-state index contributed by atoms with van der Waals surface area (Å²) in [5.41, 5.74) is 2.68. The van der Waals surface area contributed by atoms with E-state index in [0.717, 1.165) is 21.7 Å². The molecule has 158 valence electrons. The summed E-state index contributed by atoms with van der Waals surface area (Å²) in [6.07, 6.45) is 0. The maximum atomic E-state index is 12.8. The lowest BCUT2D eigenvalue weighted by Gasteiger charge is -2.08. The van der Waals surface area contributed by atoms with Crippen molar-refractivity contribution in [3.63, 3.8) is 0 Å². The molecule has 0 aliphatic carbocycles. The first-order valence-corrected chi connectivity index (χ1v) is 10.4.